The molecule has 0 aliphatic carbocycles. The van der Waals surface area contributed by atoms with E-state index in [9.17, 15) is 28.8 Å². The zero-order chi connectivity index (χ0) is 101. The minimum Gasteiger partial charge on any atom is -0.499 e. The molecule has 4 aliphatic rings. The highest BCUT2D eigenvalue weighted by Gasteiger charge is 2.31. The first-order valence-corrected chi connectivity index (χ1v) is 46.1. The summed E-state index contributed by atoms with van der Waals surface area (Å²) >= 11 is 0. The van der Waals surface area contributed by atoms with E-state index in [4.69, 9.17) is 70.5 Å². The van der Waals surface area contributed by atoms with Crippen LogP contribution in [0.25, 0.3) is 150 Å². The first-order valence-electron chi connectivity index (χ1n) is 46.1. The first kappa shape index (κ1) is 101. The molecule has 4 fully saturated rings. The number of fused-ring (bicyclic) bond motifs is 4. The maximum Gasteiger partial charge on any atom is 0.315 e. The van der Waals surface area contributed by atoms with Crippen LogP contribution in [0.2, 0.25) is 0 Å². The minimum absolute atomic E-state index is 0. The highest BCUT2D eigenvalue weighted by atomic mass is 35.5. The molecule has 736 valence electrons. The number of anilines is 1. The molecule has 0 spiro atoms. The molecule has 1 unspecified atom stereocenters. The largest absolute Gasteiger partial charge is 0.499 e. The number of nitrogens with zero attached hydrogens (tertiary/aromatic N) is 22. The number of carbonyl (C=O) groups is 4. The predicted octanol–water partition coefficient (Wildman–Crippen LogP) is 19.1. The van der Waals surface area contributed by atoms with Gasteiger partial charge in [-0.2, -0.15) is 5.26 Å². The van der Waals surface area contributed by atoms with Gasteiger partial charge in [0.05, 0.1) is 93.2 Å². The predicted molar refractivity (Wildman–Crippen MR) is 538 cm³/mol. The number of pyridine rings is 11. The number of ether oxygens (including phenoxy) is 7. The molecule has 145 heavy (non-hydrogen) atoms. The molecule has 0 saturated carbocycles. The summed E-state index contributed by atoms with van der Waals surface area (Å²) in [5.41, 5.74) is 17.1. The molecule has 1 atom stereocenters. The number of alkyl halides is 1. The molecule has 0 bridgehead atoms. The quantitative estimate of drug-likeness (QED) is 0.0639. The number of rotatable bonds is 20. The number of amides is 4. The maximum atomic E-state index is 13.7. The second kappa shape index (κ2) is 44.8. The van der Waals surface area contributed by atoms with E-state index in [1.807, 2.05) is 56.0 Å². The van der Waals surface area contributed by atoms with Crippen LogP contribution in [0.5, 0.6) is 23.1 Å². The van der Waals surface area contributed by atoms with Crippen LogP contribution in [-0.4, -0.2) is 249 Å². The Morgan fingerprint density at radius 3 is 1.38 bits per heavy atom. The number of methoxy groups -OCH3 is 1. The Kier molecular flexibility index (Phi) is 31.1. The summed E-state index contributed by atoms with van der Waals surface area (Å²) in [6, 6.07) is 32.4. The molecule has 0 aromatic carbocycles. The second-order valence-electron chi connectivity index (χ2n) is 35.0. The summed E-state index contributed by atoms with van der Waals surface area (Å²) in [7, 11) is 15.0. The Morgan fingerprint density at radius 2 is 0.890 bits per heavy atom. The molecule has 16 aromatic rings. The van der Waals surface area contributed by atoms with Crippen LogP contribution in [0, 0.1) is 51.8 Å². The van der Waals surface area contributed by atoms with E-state index in [-0.39, 0.29) is 78.2 Å². The standard InChI is InChI=1S/2C27H25N5O4.C26H23FN6O3.C26H24N6O4.ClH/c1-16-11-23(27(33)32(3)4)30-15-20(16)24-13-21-25(36-24)19(5-8-29-21)17-12-22(28-2)26(31-14-17)35-18-6-9-34-10-7-18;1-16-13-22(27(33)32(3)4)30-15-19(16)24-14-21-25(36-24)18(7-10-29-21)20-5-6-23(26(28-2)31-20)35-17-8-11-34-12-9-17;1-32(2)26(34)15-10-22(35-3)24(30-13-15)23-11-19-25(36-23)17(6-8-29-19)18-4-5-21(20(12-28)31-18)33-9-7-16(27)14-33;1-15-11-16(26(33)32(3)4)13-29-22(15)20-12-19-23(36-20)18(5-8-28-19)24-30-14-21(25(27-2)31-24)35-17-6-9-34-10-7-17;/h5,8,11-15,18H,6-7,9-10H2,1,3-4H3;5-7,10,13-15,17H,8-9,11-12H2,1,3-4H3;4-6,8,10-11,13,16H,7,9,14H2,1-3H3;5,8,11-14,17H,6-7,9-10H2,1,3-4H3;1H. The van der Waals surface area contributed by atoms with Crippen LogP contribution in [0.3, 0.4) is 0 Å². The molecule has 20 rings (SSSR count). The lowest BCUT2D eigenvalue weighted by Gasteiger charge is -2.23. The van der Waals surface area contributed by atoms with Gasteiger partial charge in [-0.25, -0.2) is 29.2 Å². The van der Waals surface area contributed by atoms with Gasteiger partial charge in [-0.15, -0.1) is 17.4 Å². The van der Waals surface area contributed by atoms with E-state index in [2.05, 4.69) is 85.4 Å². The van der Waals surface area contributed by atoms with Crippen molar-refractivity contribution in [2.24, 2.45) is 0 Å². The zero-order valence-electron chi connectivity index (χ0n) is 81.3. The van der Waals surface area contributed by atoms with Crippen LogP contribution in [-0.2, 0) is 14.2 Å². The number of aryl methyl sites for hydroxylation is 3. The van der Waals surface area contributed by atoms with Crippen LogP contribution >= 0.6 is 12.4 Å². The number of furan rings is 4. The fourth-order valence-corrected chi connectivity index (χ4v) is 16.7. The Labute approximate surface area is 838 Å². The number of carbonyl (C=O) groups excluding carboxylic acids is 4. The SMILES string of the molecule is COc1cc(C(=O)N(C)C)cnc1-c1cc2nccc(-c3ccc(N4CCC(F)C4)c(C#N)n3)c2o1.Cl.[C-]#[N+]c1cc(-c2ccnc3cc(-c4cnc(C(=O)N(C)C)cc4C)oc23)cnc1OC1CCOCC1.[C-]#[N+]c1nc(-c2ccnc3cc(-c4cnc(C(=O)N(C)C)cc4C)oc23)ccc1OC1CCOCC1.[C-]#[N+]c1nc(-c2ccnc3cc(-c4ncc(C(=O)N(C)C)cc4C)oc23)ncc1OC1CCOCC1. The average Bonchev–Trinajstić information content (AvgIpc) is 1.65. The third kappa shape index (κ3) is 22.3. The molecule has 4 aliphatic heterocycles. The molecular formula is C106H98ClFN22O15. The summed E-state index contributed by atoms with van der Waals surface area (Å²) in [4.78, 5) is 126. The van der Waals surface area contributed by atoms with E-state index in [0.29, 0.717) is 217 Å². The fraction of sp³-hybridized carbons (Fsp3) is 0.292. The van der Waals surface area contributed by atoms with Crippen molar-refractivity contribution >= 4 is 103 Å². The third-order valence-electron chi connectivity index (χ3n) is 24.2. The molecule has 20 heterocycles. The van der Waals surface area contributed by atoms with Crippen molar-refractivity contribution in [2.45, 2.75) is 90.2 Å². The Hall–Kier alpha value is -17.2. The van der Waals surface area contributed by atoms with Crippen LogP contribution in [0.4, 0.5) is 27.4 Å². The van der Waals surface area contributed by atoms with Gasteiger partial charge >= 0.3 is 11.6 Å². The minimum atomic E-state index is -0.904. The van der Waals surface area contributed by atoms with Gasteiger partial charge in [-0.1, -0.05) is 18.1 Å². The van der Waals surface area contributed by atoms with E-state index in [0.717, 1.165) is 83.0 Å². The monoisotopic (exact) mass is 1970 g/mol. The third-order valence-corrected chi connectivity index (χ3v) is 24.2. The van der Waals surface area contributed by atoms with Crippen LogP contribution in [0.15, 0.2) is 183 Å². The van der Waals surface area contributed by atoms with Gasteiger partial charge in [-0.05, 0) is 128 Å². The second-order valence-corrected chi connectivity index (χ2v) is 35.0. The van der Waals surface area contributed by atoms with Crippen molar-refractivity contribution in [3.63, 3.8) is 0 Å². The van der Waals surface area contributed by atoms with E-state index in [1.54, 1.807) is 173 Å². The van der Waals surface area contributed by atoms with Gasteiger partial charge in [-0.3, -0.25) is 54.1 Å². The van der Waals surface area contributed by atoms with Crippen molar-refractivity contribution in [1.82, 2.24) is 84.4 Å². The van der Waals surface area contributed by atoms with Crippen molar-refractivity contribution in [1.29, 1.82) is 5.26 Å². The van der Waals surface area contributed by atoms with Crippen LogP contribution < -0.4 is 23.8 Å². The molecule has 37 nitrogen and oxygen atoms in total. The molecule has 16 aromatic heterocycles. The number of hydrogen-bond acceptors (Lipinski definition) is 30. The smallest absolute Gasteiger partial charge is 0.315 e. The average molecular weight is 1970 g/mol. The van der Waals surface area contributed by atoms with Gasteiger partial charge in [0.25, 0.3) is 29.5 Å². The lowest BCUT2D eigenvalue weighted by atomic mass is 10.1. The summed E-state index contributed by atoms with van der Waals surface area (Å²) in [6.45, 7) is 33.2. The summed E-state index contributed by atoms with van der Waals surface area (Å²) in [6.07, 6.45) is 20.4. The topological polar surface area (TPSA) is 406 Å². The van der Waals surface area contributed by atoms with Crippen LogP contribution in [0.1, 0.15) is 109 Å². The fourth-order valence-electron chi connectivity index (χ4n) is 16.7. The molecule has 0 N–H and O–H groups in total. The van der Waals surface area contributed by atoms with Gasteiger partial charge in [0, 0.05) is 210 Å². The van der Waals surface area contributed by atoms with E-state index in [1.165, 1.54) is 45.3 Å². The van der Waals surface area contributed by atoms with E-state index < -0.39 is 6.17 Å². The molecular weight excluding hydrogens is 1880 g/mol. The Morgan fingerprint density at radius 1 is 0.434 bits per heavy atom. The zero-order valence-corrected chi connectivity index (χ0v) is 82.1. The molecule has 0 radical (unpaired) electrons. The Bertz CT molecular complexity index is 7240. The van der Waals surface area contributed by atoms with Gasteiger partial charge in [0.2, 0.25) is 11.6 Å². The van der Waals surface area contributed by atoms with E-state index >= 15 is 0 Å². The lowest BCUT2D eigenvalue weighted by Crippen LogP contribution is -2.26. The summed E-state index contributed by atoms with van der Waals surface area (Å²) in [5, 5.41) is 9.72. The number of halogens is 2. The molecule has 39 heteroatoms. The van der Waals surface area contributed by atoms with Gasteiger partial charge < -0.3 is 85.0 Å². The van der Waals surface area contributed by atoms with Crippen molar-refractivity contribution < 1.29 is 74.4 Å². The van der Waals surface area contributed by atoms with Crippen molar-refractivity contribution in [3.8, 4) is 120 Å². The molecule has 4 amide bonds. The van der Waals surface area contributed by atoms with Crippen molar-refractivity contribution in [3.05, 3.63) is 244 Å². The number of nitriles is 1. The Balaban J connectivity index is 0.000000138. The van der Waals surface area contributed by atoms with Gasteiger partial charge in [0.1, 0.15) is 98.4 Å². The lowest BCUT2D eigenvalue weighted by molar-refractivity contribution is 0.0240. The number of hydrogen-bond donors (Lipinski definition) is 0. The van der Waals surface area contributed by atoms with Crippen molar-refractivity contribution in [2.75, 3.05) is 121 Å². The number of aromatic nitrogens is 13. The maximum absolute atomic E-state index is 13.7. The molecule has 4 saturated heterocycles. The normalized spacial score (nSPS) is 14.2. The first-order chi connectivity index (χ1) is 69.7. The highest BCUT2D eigenvalue weighted by Crippen LogP contribution is 2.44. The van der Waals surface area contributed by atoms with Gasteiger partial charge in [0.15, 0.2) is 51.0 Å². The summed E-state index contributed by atoms with van der Waals surface area (Å²) < 4.78 is 78.2. The highest BCUT2D eigenvalue weighted by molar-refractivity contribution is 6.00. The summed E-state index contributed by atoms with van der Waals surface area (Å²) in [5.74, 6) is 3.69.